The molecule has 1 unspecified atom stereocenters. The van der Waals surface area contributed by atoms with E-state index in [2.05, 4.69) is 50.3 Å². The van der Waals surface area contributed by atoms with Crippen LogP contribution in [0.5, 0.6) is 0 Å². The summed E-state index contributed by atoms with van der Waals surface area (Å²) in [7, 11) is 0. The number of hydrogen-bond donors (Lipinski definition) is 1. The minimum atomic E-state index is -0.769. The number of carbonyl (C=O) groups excluding carboxylic acids is 2. The minimum absolute atomic E-state index is 0.0601. The highest BCUT2D eigenvalue weighted by atomic mass is 16.6. The third-order valence-corrected chi connectivity index (χ3v) is 12.9. The third-order valence-electron chi connectivity index (χ3n) is 12.9. The molecule has 0 amide bonds. The molecular weight excluding hydrogens is 789 g/mol. The lowest BCUT2D eigenvalue weighted by Gasteiger charge is -2.15. The number of allylic oxidation sites excluding steroid dienone is 6. The van der Waals surface area contributed by atoms with Crippen molar-refractivity contribution in [2.24, 2.45) is 0 Å². The molecule has 0 spiro atoms. The van der Waals surface area contributed by atoms with E-state index in [1.165, 1.54) is 238 Å². The molecule has 0 aromatic carbocycles. The van der Waals surface area contributed by atoms with E-state index < -0.39 is 6.10 Å². The number of unbranched alkanes of at least 4 members (excludes halogenated alkanes) is 39. The molecular formula is C59H110O5. The number of aliphatic hydroxyl groups excluding tert-OH is 1. The molecule has 0 aromatic heterocycles. The highest BCUT2D eigenvalue weighted by Crippen LogP contribution is 2.17. The lowest BCUT2D eigenvalue weighted by molar-refractivity contribution is -0.161. The zero-order chi connectivity index (χ0) is 46.3. The van der Waals surface area contributed by atoms with Gasteiger partial charge in [0.2, 0.25) is 0 Å². The predicted octanol–water partition coefficient (Wildman–Crippen LogP) is 19.1. The number of ether oxygens (including phenoxy) is 2. The number of aliphatic hydroxyl groups is 1. The topological polar surface area (TPSA) is 72.8 Å². The Morgan fingerprint density at radius 1 is 0.359 bits per heavy atom. The Morgan fingerprint density at radius 2 is 0.625 bits per heavy atom. The van der Waals surface area contributed by atoms with Crippen molar-refractivity contribution in [2.45, 2.75) is 315 Å². The SMILES string of the molecule is CCCCCCC/C=C\C/C=C\C/C=C\CCCCCCCCCCCCCCCCCCC(=O)OC(CO)COC(=O)CCCCCCCCCCCCCCCCCCCCC. The molecule has 0 aromatic rings. The Morgan fingerprint density at radius 3 is 0.938 bits per heavy atom. The molecule has 376 valence electrons. The molecule has 0 radical (unpaired) electrons. The first-order valence-corrected chi connectivity index (χ1v) is 28.5. The third kappa shape index (κ3) is 52.7. The average molecular weight is 900 g/mol. The van der Waals surface area contributed by atoms with Crippen LogP contribution in [0.1, 0.15) is 309 Å². The summed E-state index contributed by atoms with van der Waals surface area (Å²) in [6.07, 6.45) is 71.2. The average Bonchev–Trinajstić information content (AvgIpc) is 3.30. The van der Waals surface area contributed by atoms with Crippen LogP contribution in [-0.2, 0) is 19.1 Å². The van der Waals surface area contributed by atoms with Crippen LogP contribution in [-0.4, -0.2) is 36.4 Å². The monoisotopic (exact) mass is 899 g/mol. The van der Waals surface area contributed by atoms with Crippen molar-refractivity contribution in [3.8, 4) is 0 Å². The predicted molar refractivity (Wildman–Crippen MR) is 279 cm³/mol. The van der Waals surface area contributed by atoms with Gasteiger partial charge in [0, 0.05) is 12.8 Å². The van der Waals surface area contributed by atoms with Crippen molar-refractivity contribution in [2.75, 3.05) is 13.2 Å². The lowest BCUT2D eigenvalue weighted by Crippen LogP contribution is -2.28. The van der Waals surface area contributed by atoms with Crippen molar-refractivity contribution >= 4 is 11.9 Å². The van der Waals surface area contributed by atoms with Crippen LogP contribution >= 0.6 is 0 Å². The van der Waals surface area contributed by atoms with Gasteiger partial charge in [-0.3, -0.25) is 9.59 Å². The quantitative estimate of drug-likeness (QED) is 0.0374. The van der Waals surface area contributed by atoms with Crippen LogP contribution in [0, 0.1) is 0 Å². The second-order valence-corrected chi connectivity index (χ2v) is 19.4. The molecule has 0 saturated carbocycles. The molecule has 0 heterocycles. The van der Waals surface area contributed by atoms with Gasteiger partial charge in [-0.1, -0.05) is 281 Å². The van der Waals surface area contributed by atoms with Gasteiger partial charge in [0.05, 0.1) is 6.61 Å². The number of hydrogen-bond acceptors (Lipinski definition) is 5. The van der Waals surface area contributed by atoms with E-state index in [9.17, 15) is 14.7 Å². The molecule has 0 bridgehead atoms. The van der Waals surface area contributed by atoms with Crippen molar-refractivity contribution in [3.63, 3.8) is 0 Å². The van der Waals surface area contributed by atoms with E-state index in [1.807, 2.05) is 0 Å². The van der Waals surface area contributed by atoms with Crippen molar-refractivity contribution in [1.29, 1.82) is 0 Å². The fraction of sp³-hybridized carbons (Fsp3) is 0.864. The van der Waals surface area contributed by atoms with Crippen LogP contribution in [0.3, 0.4) is 0 Å². The Labute approximate surface area is 399 Å². The van der Waals surface area contributed by atoms with Crippen molar-refractivity contribution in [1.82, 2.24) is 0 Å². The van der Waals surface area contributed by atoms with Gasteiger partial charge >= 0.3 is 11.9 Å². The Hall–Kier alpha value is -1.88. The van der Waals surface area contributed by atoms with Gasteiger partial charge in [-0.15, -0.1) is 0 Å². The molecule has 0 aliphatic carbocycles. The summed E-state index contributed by atoms with van der Waals surface area (Å²) in [6, 6.07) is 0. The summed E-state index contributed by atoms with van der Waals surface area (Å²) in [6.45, 7) is 4.17. The molecule has 64 heavy (non-hydrogen) atoms. The molecule has 1 atom stereocenters. The number of carbonyl (C=O) groups is 2. The second-order valence-electron chi connectivity index (χ2n) is 19.4. The maximum atomic E-state index is 12.3. The minimum Gasteiger partial charge on any atom is -0.462 e. The molecule has 5 nitrogen and oxygen atoms in total. The summed E-state index contributed by atoms with van der Waals surface area (Å²) in [5, 5.41) is 9.65. The van der Waals surface area contributed by atoms with E-state index in [4.69, 9.17) is 9.47 Å². The van der Waals surface area contributed by atoms with Gasteiger partial charge in [-0.2, -0.15) is 0 Å². The number of rotatable bonds is 53. The van der Waals surface area contributed by atoms with Gasteiger partial charge in [0.1, 0.15) is 6.61 Å². The maximum Gasteiger partial charge on any atom is 0.306 e. The van der Waals surface area contributed by atoms with Gasteiger partial charge in [-0.25, -0.2) is 0 Å². The van der Waals surface area contributed by atoms with E-state index in [0.717, 1.165) is 44.9 Å². The van der Waals surface area contributed by atoms with Crippen LogP contribution < -0.4 is 0 Å². The largest absolute Gasteiger partial charge is 0.462 e. The summed E-state index contributed by atoms with van der Waals surface area (Å²) in [5.74, 6) is -0.572. The fourth-order valence-electron chi connectivity index (χ4n) is 8.62. The fourth-order valence-corrected chi connectivity index (χ4v) is 8.62. The van der Waals surface area contributed by atoms with Crippen molar-refractivity contribution < 1.29 is 24.2 Å². The van der Waals surface area contributed by atoms with Gasteiger partial charge < -0.3 is 14.6 Å². The highest BCUT2D eigenvalue weighted by Gasteiger charge is 2.16. The van der Waals surface area contributed by atoms with Gasteiger partial charge in [0.25, 0.3) is 0 Å². The van der Waals surface area contributed by atoms with Crippen LogP contribution in [0.2, 0.25) is 0 Å². The molecule has 0 saturated heterocycles. The highest BCUT2D eigenvalue weighted by molar-refractivity contribution is 5.70. The lowest BCUT2D eigenvalue weighted by atomic mass is 10.0. The first-order chi connectivity index (χ1) is 31.6. The summed E-state index contributed by atoms with van der Waals surface area (Å²) < 4.78 is 10.7. The Bertz CT molecular complexity index is 1020. The van der Waals surface area contributed by atoms with E-state index in [0.29, 0.717) is 12.8 Å². The normalized spacial score (nSPS) is 12.4. The number of esters is 2. The van der Waals surface area contributed by atoms with Crippen LogP contribution in [0.25, 0.3) is 0 Å². The van der Waals surface area contributed by atoms with E-state index >= 15 is 0 Å². The zero-order valence-electron chi connectivity index (χ0n) is 43.1. The first kappa shape index (κ1) is 62.1. The molecule has 0 aliphatic rings. The van der Waals surface area contributed by atoms with E-state index in [-0.39, 0.29) is 25.2 Å². The van der Waals surface area contributed by atoms with Crippen LogP contribution in [0.4, 0.5) is 0 Å². The summed E-state index contributed by atoms with van der Waals surface area (Å²) >= 11 is 0. The zero-order valence-corrected chi connectivity index (χ0v) is 43.1. The standard InChI is InChI=1S/C59H110O5/c1-3-5-7-9-11-13-15-17-19-21-23-24-25-26-27-28-29-30-31-32-33-34-36-38-40-42-44-46-48-50-52-54-59(62)64-57(55-60)56-63-58(61)53-51-49-47-45-43-41-39-37-35-22-20-18-16-14-12-10-8-6-4-2/h15,17,21,23,25-26,57,60H,3-14,16,18-20,22,24,27-56H2,1-2H3/b17-15-,23-21-,26-25-. The first-order valence-electron chi connectivity index (χ1n) is 28.5. The maximum absolute atomic E-state index is 12.3. The molecule has 0 fully saturated rings. The second kappa shape index (κ2) is 55.4. The Balaban J connectivity index is 3.44. The summed E-state index contributed by atoms with van der Waals surface area (Å²) in [4.78, 5) is 24.5. The molecule has 0 aliphatic heterocycles. The molecule has 0 rings (SSSR count). The van der Waals surface area contributed by atoms with E-state index in [1.54, 1.807) is 0 Å². The smallest absolute Gasteiger partial charge is 0.306 e. The van der Waals surface area contributed by atoms with Gasteiger partial charge in [0.15, 0.2) is 6.10 Å². The van der Waals surface area contributed by atoms with Crippen LogP contribution in [0.15, 0.2) is 36.5 Å². The molecule has 1 N–H and O–H groups in total. The van der Waals surface area contributed by atoms with Gasteiger partial charge in [-0.05, 0) is 51.4 Å². The molecule has 5 heteroatoms. The van der Waals surface area contributed by atoms with Crippen molar-refractivity contribution in [3.05, 3.63) is 36.5 Å². The Kier molecular flexibility index (Phi) is 53.8. The summed E-state index contributed by atoms with van der Waals surface area (Å²) in [5.41, 5.74) is 0.